The average molecular weight is 258 g/mol. The molecule has 0 aromatic carbocycles. The number of likely N-dealkylation sites (N-methyl/N-ethyl adjacent to an activating group) is 1. The first-order valence-electron chi connectivity index (χ1n) is 6.95. The highest BCUT2D eigenvalue weighted by Gasteiger charge is 2.38. The number of nitrogens with zero attached hydrogens (tertiary/aromatic N) is 1. The zero-order valence-electron chi connectivity index (χ0n) is 12.7. The Morgan fingerprint density at radius 2 is 1.83 bits per heavy atom. The van der Waals surface area contributed by atoms with Gasteiger partial charge in [-0.05, 0) is 19.8 Å². The first-order valence-corrected chi connectivity index (χ1v) is 6.95. The lowest BCUT2D eigenvalue weighted by Crippen LogP contribution is -2.50. The molecule has 0 radical (unpaired) electrons. The Morgan fingerprint density at radius 1 is 1.33 bits per heavy atom. The van der Waals surface area contributed by atoms with Crippen molar-refractivity contribution in [3.8, 4) is 0 Å². The number of rotatable bonds is 9. The predicted molar refractivity (Wildman–Crippen MR) is 75.4 cm³/mol. The summed E-state index contributed by atoms with van der Waals surface area (Å²) < 4.78 is 5.12. The SMILES string of the molecule is CCCC(CN)(CCC)C(=O)N(C)C(C)COC. The first-order chi connectivity index (χ1) is 8.48. The van der Waals surface area contributed by atoms with Crippen molar-refractivity contribution in [2.75, 3.05) is 27.3 Å². The van der Waals surface area contributed by atoms with Crippen LogP contribution in [0.5, 0.6) is 0 Å². The van der Waals surface area contributed by atoms with Crippen LogP contribution in [0.3, 0.4) is 0 Å². The Hall–Kier alpha value is -0.610. The highest BCUT2D eigenvalue weighted by Crippen LogP contribution is 2.31. The van der Waals surface area contributed by atoms with E-state index in [-0.39, 0.29) is 17.4 Å². The number of carbonyl (C=O) groups excluding carboxylic acids is 1. The lowest BCUT2D eigenvalue weighted by Gasteiger charge is -2.37. The van der Waals surface area contributed by atoms with Gasteiger partial charge >= 0.3 is 0 Å². The minimum atomic E-state index is -0.389. The van der Waals surface area contributed by atoms with E-state index < -0.39 is 0 Å². The fourth-order valence-electron chi connectivity index (χ4n) is 2.51. The summed E-state index contributed by atoms with van der Waals surface area (Å²) in [5.41, 5.74) is 5.53. The third-order valence-corrected chi connectivity index (χ3v) is 3.69. The standard InChI is InChI=1S/C14H30N2O2/c1-6-8-14(11-15,9-7-2)13(17)16(4)12(3)10-18-5/h12H,6-11,15H2,1-5H3. The number of ether oxygens (including phenoxy) is 1. The first kappa shape index (κ1) is 17.4. The molecule has 0 aromatic rings. The molecule has 0 bridgehead atoms. The molecule has 0 saturated heterocycles. The largest absolute Gasteiger partial charge is 0.383 e. The topological polar surface area (TPSA) is 55.6 Å². The molecule has 2 N–H and O–H groups in total. The molecule has 0 rings (SSSR count). The molecular formula is C14H30N2O2. The van der Waals surface area contributed by atoms with E-state index in [1.54, 1.807) is 12.0 Å². The van der Waals surface area contributed by atoms with E-state index in [2.05, 4.69) is 13.8 Å². The second-order valence-corrected chi connectivity index (χ2v) is 5.20. The third kappa shape index (κ3) is 4.25. The van der Waals surface area contributed by atoms with Crippen LogP contribution in [-0.4, -0.2) is 44.2 Å². The molecule has 1 unspecified atom stereocenters. The van der Waals surface area contributed by atoms with E-state index in [0.29, 0.717) is 13.2 Å². The van der Waals surface area contributed by atoms with Crippen molar-refractivity contribution in [2.45, 2.75) is 52.5 Å². The molecule has 18 heavy (non-hydrogen) atoms. The Kier molecular flexibility index (Phi) is 8.20. The Morgan fingerprint density at radius 3 is 2.17 bits per heavy atom. The second-order valence-electron chi connectivity index (χ2n) is 5.20. The molecule has 108 valence electrons. The molecule has 0 saturated carbocycles. The molecule has 0 fully saturated rings. The van der Waals surface area contributed by atoms with E-state index in [4.69, 9.17) is 10.5 Å². The van der Waals surface area contributed by atoms with Crippen molar-refractivity contribution >= 4 is 5.91 Å². The van der Waals surface area contributed by atoms with Crippen LogP contribution in [0.1, 0.15) is 46.5 Å². The van der Waals surface area contributed by atoms with E-state index in [0.717, 1.165) is 25.7 Å². The van der Waals surface area contributed by atoms with Crippen LogP contribution in [0.15, 0.2) is 0 Å². The molecule has 1 amide bonds. The average Bonchev–Trinajstić information content (AvgIpc) is 2.36. The fourth-order valence-corrected chi connectivity index (χ4v) is 2.51. The number of hydrogen-bond donors (Lipinski definition) is 1. The Bertz CT molecular complexity index is 238. The molecule has 0 aliphatic carbocycles. The van der Waals surface area contributed by atoms with Crippen LogP contribution in [0.2, 0.25) is 0 Å². The van der Waals surface area contributed by atoms with Gasteiger partial charge in [0.15, 0.2) is 0 Å². The maximum absolute atomic E-state index is 12.7. The van der Waals surface area contributed by atoms with Gasteiger partial charge < -0.3 is 15.4 Å². The summed E-state index contributed by atoms with van der Waals surface area (Å²) >= 11 is 0. The van der Waals surface area contributed by atoms with Gasteiger partial charge in [0.25, 0.3) is 0 Å². The number of amides is 1. The smallest absolute Gasteiger partial charge is 0.230 e. The van der Waals surface area contributed by atoms with Crippen molar-refractivity contribution in [3.05, 3.63) is 0 Å². The maximum atomic E-state index is 12.7. The summed E-state index contributed by atoms with van der Waals surface area (Å²) in [6, 6.07) is 0.0853. The van der Waals surface area contributed by atoms with Gasteiger partial charge in [0.1, 0.15) is 0 Å². The van der Waals surface area contributed by atoms with Crippen LogP contribution >= 0.6 is 0 Å². The number of nitrogens with two attached hydrogens (primary N) is 1. The van der Waals surface area contributed by atoms with Gasteiger partial charge in [-0.2, -0.15) is 0 Å². The van der Waals surface area contributed by atoms with Crippen LogP contribution in [0.4, 0.5) is 0 Å². The summed E-state index contributed by atoms with van der Waals surface area (Å²) in [5.74, 6) is 0.165. The lowest BCUT2D eigenvalue weighted by molar-refractivity contribution is -0.144. The maximum Gasteiger partial charge on any atom is 0.230 e. The molecule has 0 aliphatic heterocycles. The minimum absolute atomic E-state index is 0.0853. The molecule has 0 heterocycles. The molecule has 4 nitrogen and oxygen atoms in total. The predicted octanol–water partition coefficient (Wildman–Crippen LogP) is 2.02. The van der Waals surface area contributed by atoms with Gasteiger partial charge in [0.2, 0.25) is 5.91 Å². The normalized spacial score (nSPS) is 13.4. The van der Waals surface area contributed by atoms with Crippen molar-refractivity contribution in [1.29, 1.82) is 0 Å². The van der Waals surface area contributed by atoms with E-state index >= 15 is 0 Å². The molecule has 0 aliphatic rings. The summed E-state index contributed by atoms with van der Waals surface area (Å²) in [5, 5.41) is 0. The Labute approximate surface area is 112 Å². The number of carbonyl (C=O) groups is 1. The van der Waals surface area contributed by atoms with Crippen LogP contribution in [0, 0.1) is 5.41 Å². The van der Waals surface area contributed by atoms with Crippen LogP contribution < -0.4 is 5.73 Å². The van der Waals surface area contributed by atoms with Crippen molar-refractivity contribution in [1.82, 2.24) is 4.90 Å². The minimum Gasteiger partial charge on any atom is -0.383 e. The van der Waals surface area contributed by atoms with Crippen molar-refractivity contribution in [2.24, 2.45) is 11.1 Å². The lowest BCUT2D eigenvalue weighted by atomic mass is 9.77. The van der Waals surface area contributed by atoms with Gasteiger partial charge in [-0.3, -0.25) is 4.79 Å². The van der Waals surface area contributed by atoms with Gasteiger partial charge in [0.05, 0.1) is 18.1 Å². The van der Waals surface area contributed by atoms with E-state index in [9.17, 15) is 4.79 Å². The van der Waals surface area contributed by atoms with Crippen molar-refractivity contribution < 1.29 is 9.53 Å². The monoisotopic (exact) mass is 258 g/mol. The van der Waals surface area contributed by atoms with Gasteiger partial charge in [-0.15, -0.1) is 0 Å². The van der Waals surface area contributed by atoms with Crippen LogP contribution in [-0.2, 0) is 9.53 Å². The zero-order valence-corrected chi connectivity index (χ0v) is 12.7. The number of methoxy groups -OCH3 is 1. The second kappa shape index (κ2) is 8.48. The van der Waals surface area contributed by atoms with Gasteiger partial charge in [-0.25, -0.2) is 0 Å². The van der Waals surface area contributed by atoms with E-state index in [1.165, 1.54) is 0 Å². The fraction of sp³-hybridized carbons (Fsp3) is 0.929. The van der Waals surface area contributed by atoms with Crippen LogP contribution in [0.25, 0.3) is 0 Å². The number of hydrogen-bond acceptors (Lipinski definition) is 3. The molecule has 4 heteroatoms. The molecule has 1 atom stereocenters. The zero-order chi connectivity index (χ0) is 14.2. The Balaban J connectivity index is 4.92. The van der Waals surface area contributed by atoms with Crippen molar-refractivity contribution in [3.63, 3.8) is 0 Å². The summed E-state index contributed by atoms with van der Waals surface area (Å²) in [7, 11) is 3.50. The summed E-state index contributed by atoms with van der Waals surface area (Å²) in [6.07, 6.45) is 3.69. The highest BCUT2D eigenvalue weighted by atomic mass is 16.5. The molecule has 0 aromatic heterocycles. The quantitative estimate of drug-likeness (QED) is 0.688. The third-order valence-electron chi connectivity index (χ3n) is 3.69. The van der Waals surface area contributed by atoms with Gasteiger partial charge in [-0.1, -0.05) is 26.7 Å². The van der Waals surface area contributed by atoms with E-state index in [1.807, 2.05) is 14.0 Å². The summed E-state index contributed by atoms with van der Waals surface area (Å²) in [4.78, 5) is 14.5. The molecule has 0 spiro atoms. The summed E-state index contributed by atoms with van der Waals surface area (Å²) in [6.45, 7) is 7.19. The highest BCUT2D eigenvalue weighted by molar-refractivity contribution is 5.83. The van der Waals surface area contributed by atoms with Gasteiger partial charge in [0, 0.05) is 20.7 Å². The molecular weight excluding hydrogens is 228 g/mol.